The first-order valence-electron chi connectivity index (χ1n) is 10.3. The Bertz CT molecular complexity index is 1270. The zero-order chi connectivity index (χ0) is 22.9. The second-order valence-corrected chi connectivity index (χ2v) is 11.0. The maximum Gasteiger partial charge on any atom is 0.265 e. The van der Waals surface area contributed by atoms with E-state index in [1.165, 1.54) is 11.3 Å². The van der Waals surface area contributed by atoms with Crippen molar-refractivity contribution in [2.24, 2.45) is 5.92 Å². The number of anilines is 2. The van der Waals surface area contributed by atoms with Crippen LogP contribution in [0.1, 0.15) is 44.9 Å². The van der Waals surface area contributed by atoms with Gasteiger partial charge in [0.25, 0.3) is 5.91 Å². The van der Waals surface area contributed by atoms with E-state index in [1.807, 2.05) is 25.1 Å². The fraction of sp³-hybridized carbons (Fsp3) is 0.250. The van der Waals surface area contributed by atoms with Crippen LogP contribution < -0.4 is 10.0 Å². The predicted octanol–water partition coefficient (Wildman–Crippen LogP) is 5.33. The summed E-state index contributed by atoms with van der Waals surface area (Å²) in [6.07, 6.45) is 3.92. The van der Waals surface area contributed by atoms with E-state index in [-0.39, 0.29) is 11.7 Å². The van der Waals surface area contributed by atoms with Crippen LogP contribution in [0.3, 0.4) is 0 Å². The van der Waals surface area contributed by atoms with Crippen molar-refractivity contribution >= 4 is 44.4 Å². The summed E-state index contributed by atoms with van der Waals surface area (Å²) in [5.74, 6) is 0.407. The van der Waals surface area contributed by atoms with E-state index in [0.717, 1.165) is 35.1 Å². The molecule has 2 aromatic carbocycles. The van der Waals surface area contributed by atoms with Gasteiger partial charge in [-0.15, -0.1) is 11.3 Å². The van der Waals surface area contributed by atoms with Gasteiger partial charge in [-0.05, 0) is 67.1 Å². The number of benzene rings is 2. The van der Waals surface area contributed by atoms with Crippen molar-refractivity contribution in [3.05, 3.63) is 70.6 Å². The molecule has 0 saturated heterocycles. The Morgan fingerprint density at radius 2 is 1.75 bits per heavy atom. The third kappa shape index (κ3) is 5.63. The Hall–Kier alpha value is -2.97. The first-order valence-corrected chi connectivity index (χ1v) is 13.0. The average Bonchev–Trinajstić information content (AvgIpc) is 3.40. The van der Waals surface area contributed by atoms with Crippen molar-refractivity contribution in [3.8, 4) is 10.4 Å². The molecule has 6 nitrogen and oxygen atoms in total. The van der Waals surface area contributed by atoms with Crippen molar-refractivity contribution in [2.45, 2.75) is 26.2 Å². The number of sulfonamides is 1. The lowest BCUT2D eigenvalue weighted by molar-refractivity contribution is 0.0974. The molecule has 0 aliphatic heterocycles. The number of Topliss-reactive ketones (excluding diaryl/α,β-unsaturated/α-hetero) is 1. The first kappa shape index (κ1) is 22.2. The van der Waals surface area contributed by atoms with Gasteiger partial charge in [-0.1, -0.05) is 24.3 Å². The molecule has 1 aliphatic carbocycles. The van der Waals surface area contributed by atoms with Crippen LogP contribution in [-0.2, 0) is 10.0 Å². The summed E-state index contributed by atoms with van der Waals surface area (Å²) in [6, 6.07) is 16.0. The van der Waals surface area contributed by atoms with Crippen molar-refractivity contribution in [1.29, 1.82) is 0 Å². The van der Waals surface area contributed by atoms with Crippen molar-refractivity contribution in [1.82, 2.24) is 0 Å². The molecule has 166 valence electrons. The molecule has 1 amide bonds. The minimum Gasteiger partial charge on any atom is -0.321 e. The molecule has 2 N–H and O–H groups in total. The maximum absolute atomic E-state index is 12.8. The number of ketones is 1. The number of aryl methyl sites for hydroxylation is 1. The van der Waals surface area contributed by atoms with E-state index >= 15 is 0 Å². The van der Waals surface area contributed by atoms with Gasteiger partial charge < -0.3 is 5.32 Å². The van der Waals surface area contributed by atoms with Crippen LogP contribution >= 0.6 is 11.3 Å². The Morgan fingerprint density at radius 3 is 2.41 bits per heavy atom. The number of carbonyl (C=O) groups excluding carboxylic acids is 2. The molecule has 1 fully saturated rings. The van der Waals surface area contributed by atoms with Gasteiger partial charge in [-0.2, -0.15) is 0 Å². The van der Waals surface area contributed by atoms with E-state index in [2.05, 4.69) is 10.0 Å². The lowest BCUT2D eigenvalue weighted by Gasteiger charge is -2.10. The molecule has 3 aromatic rings. The van der Waals surface area contributed by atoms with E-state index in [4.69, 9.17) is 0 Å². The summed E-state index contributed by atoms with van der Waals surface area (Å²) >= 11 is 1.35. The SMILES string of the molecule is Cc1ccc(C(=O)CC2CC2)cc1NC(=O)c1ccc(-c2ccc(NS(C)(=O)=O)cc2)s1. The number of hydrogen-bond acceptors (Lipinski definition) is 5. The largest absolute Gasteiger partial charge is 0.321 e. The lowest BCUT2D eigenvalue weighted by Crippen LogP contribution is -2.12. The quantitative estimate of drug-likeness (QED) is 0.437. The van der Waals surface area contributed by atoms with Crippen molar-refractivity contribution < 1.29 is 18.0 Å². The van der Waals surface area contributed by atoms with E-state index < -0.39 is 10.0 Å². The highest BCUT2D eigenvalue weighted by atomic mass is 32.2. The fourth-order valence-electron chi connectivity index (χ4n) is 3.35. The van der Waals surface area contributed by atoms with Gasteiger partial charge in [0.2, 0.25) is 10.0 Å². The molecule has 0 bridgehead atoms. The molecule has 1 heterocycles. The minimum absolute atomic E-state index is 0.121. The second kappa shape index (κ2) is 8.88. The number of nitrogens with one attached hydrogen (secondary N) is 2. The minimum atomic E-state index is -3.33. The number of rotatable bonds is 8. The number of amides is 1. The molecular formula is C24H24N2O4S2. The standard InChI is InChI=1S/C24H24N2O4S2/c1-15-3-6-18(21(27)13-16-4-5-16)14-20(15)25-24(28)23-12-11-22(31-23)17-7-9-19(10-8-17)26-32(2,29)30/h3,6-12,14,16,26H,4-5,13H2,1-2H3,(H,25,28). The van der Waals surface area contributed by atoms with Crippen LogP contribution in [0.15, 0.2) is 54.6 Å². The van der Waals surface area contributed by atoms with Crippen LogP contribution in [0.5, 0.6) is 0 Å². The smallest absolute Gasteiger partial charge is 0.265 e. The summed E-state index contributed by atoms with van der Waals surface area (Å²) in [6.45, 7) is 1.90. The molecule has 8 heteroatoms. The van der Waals surface area contributed by atoms with E-state index in [9.17, 15) is 18.0 Å². The summed E-state index contributed by atoms with van der Waals surface area (Å²) in [5, 5.41) is 2.93. The second-order valence-electron chi connectivity index (χ2n) is 8.17. The predicted molar refractivity (Wildman–Crippen MR) is 129 cm³/mol. The monoisotopic (exact) mass is 468 g/mol. The Kier molecular flexibility index (Phi) is 6.17. The fourth-order valence-corrected chi connectivity index (χ4v) is 4.82. The summed E-state index contributed by atoms with van der Waals surface area (Å²) in [5.41, 5.74) is 3.54. The highest BCUT2D eigenvalue weighted by Crippen LogP contribution is 2.34. The van der Waals surface area contributed by atoms with Gasteiger partial charge in [0.05, 0.1) is 11.1 Å². The number of carbonyl (C=O) groups is 2. The lowest BCUT2D eigenvalue weighted by atomic mass is 10.0. The molecular weight excluding hydrogens is 444 g/mol. The molecule has 0 atom stereocenters. The van der Waals surface area contributed by atoms with Crippen molar-refractivity contribution in [3.63, 3.8) is 0 Å². The zero-order valence-electron chi connectivity index (χ0n) is 17.8. The topological polar surface area (TPSA) is 92.3 Å². The van der Waals surface area contributed by atoms with Crippen LogP contribution in [0.2, 0.25) is 0 Å². The van der Waals surface area contributed by atoms with Gasteiger partial charge in [-0.3, -0.25) is 14.3 Å². The molecule has 1 aromatic heterocycles. The van der Waals surface area contributed by atoms with Gasteiger partial charge in [0.15, 0.2) is 5.78 Å². The molecule has 4 rings (SSSR count). The van der Waals surface area contributed by atoms with E-state index in [0.29, 0.717) is 34.2 Å². The molecule has 0 radical (unpaired) electrons. The van der Waals surface area contributed by atoms with Crippen LogP contribution in [0.4, 0.5) is 11.4 Å². The Morgan fingerprint density at radius 1 is 1.03 bits per heavy atom. The van der Waals surface area contributed by atoms with Crippen LogP contribution in [0.25, 0.3) is 10.4 Å². The Labute approximate surface area is 191 Å². The number of thiophene rings is 1. The third-order valence-electron chi connectivity index (χ3n) is 5.28. The normalized spacial score (nSPS) is 13.6. The first-order chi connectivity index (χ1) is 15.2. The zero-order valence-corrected chi connectivity index (χ0v) is 19.5. The van der Waals surface area contributed by atoms with Gasteiger partial charge in [0, 0.05) is 28.2 Å². The molecule has 32 heavy (non-hydrogen) atoms. The summed E-state index contributed by atoms with van der Waals surface area (Å²) < 4.78 is 25.1. The highest BCUT2D eigenvalue weighted by Gasteiger charge is 2.25. The van der Waals surface area contributed by atoms with Crippen molar-refractivity contribution in [2.75, 3.05) is 16.3 Å². The molecule has 0 spiro atoms. The van der Waals surface area contributed by atoms with Crippen LogP contribution in [0, 0.1) is 12.8 Å². The highest BCUT2D eigenvalue weighted by molar-refractivity contribution is 7.92. The van der Waals surface area contributed by atoms with Gasteiger partial charge in [-0.25, -0.2) is 8.42 Å². The number of hydrogen-bond donors (Lipinski definition) is 2. The van der Waals surface area contributed by atoms with E-state index in [1.54, 1.807) is 36.4 Å². The third-order valence-corrected chi connectivity index (χ3v) is 7.02. The average molecular weight is 469 g/mol. The van der Waals surface area contributed by atoms with Gasteiger partial charge in [0.1, 0.15) is 0 Å². The van der Waals surface area contributed by atoms with Gasteiger partial charge >= 0.3 is 0 Å². The summed E-state index contributed by atoms with van der Waals surface area (Å²) in [7, 11) is -3.33. The summed E-state index contributed by atoms with van der Waals surface area (Å²) in [4.78, 5) is 26.7. The molecule has 1 aliphatic rings. The molecule has 0 unspecified atom stereocenters. The maximum atomic E-state index is 12.8. The Balaban J connectivity index is 1.46. The van der Waals surface area contributed by atoms with Crippen LogP contribution in [-0.4, -0.2) is 26.4 Å². The molecule has 1 saturated carbocycles.